The lowest BCUT2D eigenvalue weighted by Crippen LogP contribution is -2.30. The van der Waals surface area contributed by atoms with Crippen LogP contribution >= 0.6 is 0 Å². The zero-order chi connectivity index (χ0) is 40.0. The van der Waals surface area contributed by atoms with Gasteiger partial charge in [0.25, 0.3) is 0 Å². The van der Waals surface area contributed by atoms with Crippen molar-refractivity contribution >= 4 is 17.7 Å². The molecular weight excluding hydrogens is 659 g/mol. The van der Waals surface area contributed by atoms with Crippen molar-refractivity contribution in [1.82, 2.24) is 15.1 Å². The molecule has 2 atom stereocenters. The molecule has 0 aromatic rings. The molecule has 2 heterocycles. The van der Waals surface area contributed by atoms with E-state index in [1.165, 1.54) is 109 Å². The van der Waals surface area contributed by atoms with Gasteiger partial charge in [-0.15, -0.1) is 0 Å². The Morgan fingerprint density at radius 3 is 1.72 bits per heavy atom. The standard InChI is InChI=1S/C17H35NO2.C17H33NO.C12H23NO/c1-14(9-11-17(5,6)16(2,3)4)10-12-18-15(20)8-7-13-19;1-2-3-4-5-6-7-8-9-10-11-12-15-18-16-13-14-17(18)19;1-3-5-7-11(4-2)10-13-9-6-8-12(13)14/h14,19H,7-13H2,1-6H3,(H,18,20);2-16H2,1H3;11H,3-10H2,1-2H3. The summed E-state index contributed by atoms with van der Waals surface area (Å²) < 4.78 is 0. The van der Waals surface area contributed by atoms with Gasteiger partial charge < -0.3 is 20.2 Å². The molecule has 3 amide bonds. The number of aliphatic hydroxyl groups excluding tert-OH is 1. The molecule has 0 spiro atoms. The molecule has 0 aromatic heterocycles. The Morgan fingerprint density at radius 2 is 1.25 bits per heavy atom. The van der Waals surface area contributed by atoms with Gasteiger partial charge in [0, 0.05) is 58.6 Å². The van der Waals surface area contributed by atoms with Crippen LogP contribution in [0.3, 0.4) is 0 Å². The Bertz CT molecular complexity index is 915. The molecule has 7 heteroatoms. The highest BCUT2D eigenvalue weighted by atomic mass is 16.3. The predicted octanol–water partition coefficient (Wildman–Crippen LogP) is 11.5. The van der Waals surface area contributed by atoms with Crippen LogP contribution in [0.2, 0.25) is 0 Å². The Hall–Kier alpha value is -1.63. The van der Waals surface area contributed by atoms with E-state index in [2.05, 4.69) is 72.5 Å². The summed E-state index contributed by atoms with van der Waals surface area (Å²) in [5, 5.41) is 11.6. The van der Waals surface area contributed by atoms with Crippen molar-refractivity contribution in [3.63, 3.8) is 0 Å². The predicted molar refractivity (Wildman–Crippen MR) is 227 cm³/mol. The first-order valence-electron chi connectivity index (χ1n) is 22.6. The molecule has 0 radical (unpaired) electrons. The quantitative estimate of drug-likeness (QED) is 0.0818. The van der Waals surface area contributed by atoms with E-state index < -0.39 is 0 Å². The normalized spacial score (nSPS) is 15.9. The smallest absolute Gasteiger partial charge is 0.222 e. The maximum Gasteiger partial charge on any atom is 0.222 e. The van der Waals surface area contributed by atoms with E-state index in [1.54, 1.807) is 0 Å². The van der Waals surface area contributed by atoms with Gasteiger partial charge in [0.1, 0.15) is 0 Å². The largest absolute Gasteiger partial charge is 0.396 e. The molecule has 2 aliphatic rings. The number of rotatable bonds is 27. The number of nitrogens with one attached hydrogen (secondary N) is 1. The van der Waals surface area contributed by atoms with Gasteiger partial charge >= 0.3 is 0 Å². The molecule has 0 aliphatic carbocycles. The lowest BCUT2D eigenvalue weighted by atomic mass is 9.66. The molecular formula is C46H91N3O4. The van der Waals surface area contributed by atoms with E-state index in [0.717, 1.165) is 70.7 Å². The van der Waals surface area contributed by atoms with Crippen LogP contribution in [0.15, 0.2) is 0 Å². The summed E-state index contributed by atoms with van der Waals surface area (Å²) in [4.78, 5) is 38.4. The highest BCUT2D eigenvalue weighted by Gasteiger charge is 2.32. The van der Waals surface area contributed by atoms with Crippen LogP contribution in [0.4, 0.5) is 0 Å². The topological polar surface area (TPSA) is 89.9 Å². The highest BCUT2D eigenvalue weighted by Crippen LogP contribution is 2.42. The summed E-state index contributed by atoms with van der Waals surface area (Å²) in [5.74, 6) is 2.18. The van der Waals surface area contributed by atoms with E-state index in [-0.39, 0.29) is 12.5 Å². The molecule has 2 rings (SSSR count). The van der Waals surface area contributed by atoms with Crippen molar-refractivity contribution in [1.29, 1.82) is 0 Å². The summed E-state index contributed by atoms with van der Waals surface area (Å²) in [6, 6.07) is 0. The molecule has 0 saturated carbocycles. The van der Waals surface area contributed by atoms with E-state index in [0.29, 0.717) is 41.4 Å². The van der Waals surface area contributed by atoms with Crippen molar-refractivity contribution in [3.8, 4) is 0 Å². The Kier molecular flexibility index (Phi) is 30.6. The number of hydrogen-bond donors (Lipinski definition) is 2. The molecule has 7 nitrogen and oxygen atoms in total. The lowest BCUT2D eigenvalue weighted by molar-refractivity contribution is -0.128. The van der Waals surface area contributed by atoms with Crippen LogP contribution in [0.5, 0.6) is 0 Å². The monoisotopic (exact) mass is 750 g/mol. The molecule has 0 bridgehead atoms. The van der Waals surface area contributed by atoms with Crippen LogP contribution in [0, 0.1) is 22.7 Å². The highest BCUT2D eigenvalue weighted by molar-refractivity contribution is 5.78. The zero-order valence-corrected chi connectivity index (χ0v) is 36.9. The number of hydrogen-bond acceptors (Lipinski definition) is 4. The molecule has 314 valence electrons. The van der Waals surface area contributed by atoms with Gasteiger partial charge in [-0.3, -0.25) is 14.4 Å². The number of carbonyl (C=O) groups excluding carboxylic acids is 3. The summed E-state index contributed by atoms with van der Waals surface area (Å²) in [5.41, 5.74) is 0.664. The van der Waals surface area contributed by atoms with Gasteiger partial charge in [0.2, 0.25) is 17.7 Å². The molecule has 2 saturated heterocycles. The summed E-state index contributed by atoms with van der Waals surface area (Å²) in [7, 11) is 0. The number of nitrogens with zero attached hydrogens (tertiary/aromatic N) is 2. The molecule has 2 fully saturated rings. The SMILES string of the molecule is CC(CCNC(=O)CCCO)CCC(C)(C)C(C)(C)C.CCCCC(CC)CN1CCCC1=O.CCCCCCCCCCCCCN1CCCC1=O. The van der Waals surface area contributed by atoms with E-state index in [9.17, 15) is 14.4 Å². The van der Waals surface area contributed by atoms with Crippen molar-refractivity contribution < 1.29 is 19.5 Å². The summed E-state index contributed by atoms with van der Waals surface area (Å²) in [6.45, 7) is 25.5. The molecule has 2 unspecified atom stereocenters. The van der Waals surface area contributed by atoms with Crippen molar-refractivity contribution in [2.45, 2.75) is 216 Å². The summed E-state index contributed by atoms with van der Waals surface area (Å²) in [6.07, 6.45) is 28.4. The average molecular weight is 750 g/mol. The van der Waals surface area contributed by atoms with Crippen LogP contribution in [0.1, 0.15) is 216 Å². The molecule has 0 aromatic carbocycles. The number of carbonyl (C=O) groups is 3. The number of unbranched alkanes of at least 4 members (excludes halogenated alkanes) is 11. The zero-order valence-electron chi connectivity index (χ0n) is 36.9. The fraction of sp³-hybridized carbons (Fsp3) is 0.935. The first-order chi connectivity index (χ1) is 25.2. The van der Waals surface area contributed by atoms with Gasteiger partial charge in [0.15, 0.2) is 0 Å². The van der Waals surface area contributed by atoms with E-state index in [1.807, 2.05) is 4.90 Å². The summed E-state index contributed by atoms with van der Waals surface area (Å²) >= 11 is 0. The fourth-order valence-corrected chi connectivity index (χ4v) is 6.95. The second-order valence-electron chi connectivity index (χ2n) is 18.1. The van der Waals surface area contributed by atoms with Crippen LogP contribution in [-0.4, -0.2) is 72.0 Å². The van der Waals surface area contributed by atoms with Crippen LogP contribution < -0.4 is 5.32 Å². The van der Waals surface area contributed by atoms with Crippen molar-refractivity contribution in [2.24, 2.45) is 22.7 Å². The van der Waals surface area contributed by atoms with Gasteiger partial charge in [0.05, 0.1) is 0 Å². The van der Waals surface area contributed by atoms with E-state index in [4.69, 9.17) is 5.11 Å². The second kappa shape index (κ2) is 31.6. The maximum absolute atomic E-state index is 11.4. The van der Waals surface area contributed by atoms with Crippen LogP contribution in [-0.2, 0) is 14.4 Å². The third-order valence-electron chi connectivity index (χ3n) is 12.2. The van der Waals surface area contributed by atoms with Crippen LogP contribution in [0.25, 0.3) is 0 Å². The number of aliphatic hydroxyl groups is 1. The third-order valence-corrected chi connectivity index (χ3v) is 12.2. The van der Waals surface area contributed by atoms with Gasteiger partial charge in [-0.05, 0) is 67.6 Å². The minimum absolute atomic E-state index is 0.0567. The minimum Gasteiger partial charge on any atom is -0.396 e. The first-order valence-corrected chi connectivity index (χ1v) is 22.6. The number of likely N-dealkylation sites (tertiary alicyclic amines) is 2. The first kappa shape index (κ1) is 51.4. The number of amides is 3. The Morgan fingerprint density at radius 1 is 0.717 bits per heavy atom. The molecule has 2 N–H and O–H groups in total. The Labute approximate surface area is 330 Å². The second-order valence-corrected chi connectivity index (χ2v) is 18.1. The van der Waals surface area contributed by atoms with E-state index >= 15 is 0 Å². The fourth-order valence-electron chi connectivity index (χ4n) is 6.95. The molecule has 2 aliphatic heterocycles. The Balaban J connectivity index is 0.000000777. The third kappa shape index (κ3) is 26.8. The maximum atomic E-state index is 11.4. The average Bonchev–Trinajstić information content (AvgIpc) is 3.73. The van der Waals surface area contributed by atoms with Gasteiger partial charge in [-0.25, -0.2) is 0 Å². The molecule has 53 heavy (non-hydrogen) atoms. The van der Waals surface area contributed by atoms with Gasteiger partial charge in [-0.1, -0.05) is 152 Å². The minimum atomic E-state index is 0.0567. The van der Waals surface area contributed by atoms with Crippen molar-refractivity contribution in [2.75, 3.05) is 39.3 Å². The van der Waals surface area contributed by atoms with Gasteiger partial charge in [-0.2, -0.15) is 0 Å². The lowest BCUT2D eigenvalue weighted by Gasteiger charge is -2.39. The van der Waals surface area contributed by atoms with Crippen molar-refractivity contribution in [3.05, 3.63) is 0 Å².